The zero-order chi connectivity index (χ0) is 47.4. The number of rotatable bonds is 45. The van der Waals surface area contributed by atoms with Gasteiger partial charge < -0.3 is 20.1 Å². The molecule has 0 spiro atoms. The molecular formula is C55H90NO8P. The van der Waals surface area contributed by atoms with Crippen LogP contribution < -0.4 is 5.73 Å². The van der Waals surface area contributed by atoms with Gasteiger partial charge >= 0.3 is 19.8 Å². The third-order valence-corrected chi connectivity index (χ3v) is 10.8. The van der Waals surface area contributed by atoms with E-state index in [1.807, 2.05) is 0 Å². The third kappa shape index (κ3) is 49.7. The molecule has 0 aliphatic heterocycles. The largest absolute Gasteiger partial charge is 0.472 e. The molecule has 10 heteroatoms. The number of carbonyl (C=O) groups excluding carboxylic acids is 2. The number of hydrogen-bond donors (Lipinski definition) is 2. The van der Waals surface area contributed by atoms with Gasteiger partial charge in [0, 0.05) is 19.4 Å². The number of phosphoric acid groups is 1. The SMILES string of the molecule is CC/C=C\C/C=C\C/C=C\C/C=C\C/C=C\C/C=C\C/C=C\C/C=C\C/C=C\C/C=C\CCCCCCCCCCC(=O)OC(COC(=O)CCCCCCC)COP(=O)(O)OCCN. The fraction of sp³-hybridized carbons (Fsp3) is 0.600. The smallest absolute Gasteiger partial charge is 0.462 e. The van der Waals surface area contributed by atoms with E-state index in [0.717, 1.165) is 122 Å². The van der Waals surface area contributed by atoms with E-state index in [1.54, 1.807) is 0 Å². The summed E-state index contributed by atoms with van der Waals surface area (Å²) < 4.78 is 32.5. The highest BCUT2D eigenvalue weighted by molar-refractivity contribution is 7.47. The Labute approximate surface area is 396 Å². The van der Waals surface area contributed by atoms with Gasteiger partial charge in [0.15, 0.2) is 6.10 Å². The second-order valence-electron chi connectivity index (χ2n) is 16.0. The van der Waals surface area contributed by atoms with Gasteiger partial charge in [0.05, 0.1) is 13.2 Å². The molecule has 368 valence electrons. The molecule has 0 aromatic heterocycles. The van der Waals surface area contributed by atoms with Crippen LogP contribution in [0.3, 0.4) is 0 Å². The molecule has 0 aromatic rings. The van der Waals surface area contributed by atoms with Gasteiger partial charge in [-0.2, -0.15) is 0 Å². The van der Waals surface area contributed by atoms with Crippen molar-refractivity contribution in [2.45, 2.75) is 187 Å². The molecule has 0 aromatic carbocycles. The summed E-state index contributed by atoms with van der Waals surface area (Å²) in [5, 5.41) is 0. The molecule has 0 saturated carbocycles. The van der Waals surface area contributed by atoms with E-state index in [2.05, 4.69) is 135 Å². The first-order valence-electron chi connectivity index (χ1n) is 25.0. The van der Waals surface area contributed by atoms with Crippen molar-refractivity contribution in [1.29, 1.82) is 0 Å². The van der Waals surface area contributed by atoms with Crippen LogP contribution in [0.1, 0.15) is 181 Å². The molecule has 3 N–H and O–H groups in total. The Kier molecular flexibility index (Phi) is 47.1. The van der Waals surface area contributed by atoms with Gasteiger partial charge in [-0.25, -0.2) is 4.57 Å². The van der Waals surface area contributed by atoms with Crippen LogP contribution in [0.4, 0.5) is 0 Å². The molecule has 0 rings (SSSR count). The number of nitrogens with two attached hydrogens (primary N) is 1. The van der Waals surface area contributed by atoms with Crippen LogP contribution in [-0.4, -0.2) is 49.3 Å². The molecule has 9 nitrogen and oxygen atoms in total. The molecular weight excluding hydrogens is 834 g/mol. The van der Waals surface area contributed by atoms with Crippen LogP contribution in [0, 0.1) is 0 Å². The minimum absolute atomic E-state index is 0.0468. The standard InChI is InChI=1S/C55H90NO8P/c1-3-5-7-9-10-11-12-13-14-15-16-17-18-19-20-21-22-23-24-25-26-27-28-29-30-31-32-33-34-35-36-37-38-39-40-41-42-44-46-48-55(58)64-53(52-63-65(59,60)62-50-49-56)51-61-54(57)47-45-43-8-6-4-2/h5,7,10-11,13-14,16-17,19-20,22-23,25-26,28-29,31-32,34-35,53H,3-4,6,8-9,12,15,18,21,24,27,30,33,36-52,56H2,1-2H3,(H,59,60)/b7-5-,11-10-,14-13-,17-16-,20-19-,23-22-,26-25-,29-28-,32-31-,35-34-. The summed E-state index contributed by atoms with van der Waals surface area (Å²) in [6.45, 7) is 3.48. The van der Waals surface area contributed by atoms with E-state index in [-0.39, 0.29) is 32.6 Å². The highest BCUT2D eigenvalue weighted by Crippen LogP contribution is 2.43. The molecule has 2 atom stereocenters. The molecule has 0 amide bonds. The van der Waals surface area contributed by atoms with Gasteiger partial charge in [-0.1, -0.05) is 200 Å². The van der Waals surface area contributed by atoms with E-state index < -0.39 is 32.5 Å². The molecule has 0 aliphatic rings. The van der Waals surface area contributed by atoms with E-state index in [9.17, 15) is 19.0 Å². The Morgan fingerprint density at radius 1 is 0.477 bits per heavy atom. The van der Waals surface area contributed by atoms with Crippen molar-refractivity contribution in [3.63, 3.8) is 0 Å². The van der Waals surface area contributed by atoms with Gasteiger partial charge in [0.1, 0.15) is 6.61 Å². The van der Waals surface area contributed by atoms with E-state index in [4.69, 9.17) is 24.3 Å². The summed E-state index contributed by atoms with van der Waals surface area (Å²) >= 11 is 0. The second-order valence-corrected chi connectivity index (χ2v) is 17.4. The van der Waals surface area contributed by atoms with Crippen LogP contribution in [-0.2, 0) is 32.7 Å². The lowest BCUT2D eigenvalue weighted by atomic mass is 10.1. The lowest BCUT2D eigenvalue weighted by Crippen LogP contribution is -2.29. The number of unbranched alkanes of at least 4 members (excludes halogenated alkanes) is 12. The van der Waals surface area contributed by atoms with Crippen molar-refractivity contribution in [2.24, 2.45) is 5.73 Å². The lowest BCUT2D eigenvalue weighted by Gasteiger charge is -2.19. The normalized spacial score (nSPS) is 14.2. The van der Waals surface area contributed by atoms with E-state index in [1.165, 1.54) is 25.7 Å². The summed E-state index contributed by atoms with van der Waals surface area (Å²) in [4.78, 5) is 34.6. The maximum atomic E-state index is 12.5. The first-order valence-corrected chi connectivity index (χ1v) is 26.5. The molecule has 0 bridgehead atoms. The Balaban J connectivity index is 3.90. The quantitative estimate of drug-likeness (QED) is 0.0265. The van der Waals surface area contributed by atoms with Crippen LogP contribution in [0.25, 0.3) is 0 Å². The van der Waals surface area contributed by atoms with Gasteiger partial charge in [0.2, 0.25) is 0 Å². The van der Waals surface area contributed by atoms with Crippen LogP contribution in [0.5, 0.6) is 0 Å². The highest BCUT2D eigenvalue weighted by Gasteiger charge is 2.26. The van der Waals surface area contributed by atoms with Crippen LogP contribution in [0.15, 0.2) is 122 Å². The van der Waals surface area contributed by atoms with Gasteiger partial charge in [0.25, 0.3) is 0 Å². The van der Waals surface area contributed by atoms with Crippen molar-refractivity contribution in [2.75, 3.05) is 26.4 Å². The fourth-order valence-electron chi connectivity index (χ4n) is 6.19. The number of allylic oxidation sites excluding steroid dienone is 20. The summed E-state index contributed by atoms with van der Waals surface area (Å²) in [6.07, 6.45) is 68.8. The maximum absolute atomic E-state index is 12.5. The summed E-state index contributed by atoms with van der Waals surface area (Å²) in [5.41, 5.74) is 5.33. The number of carbonyl (C=O) groups is 2. The minimum atomic E-state index is -4.38. The average molecular weight is 924 g/mol. The Morgan fingerprint density at radius 3 is 1.26 bits per heavy atom. The molecule has 0 fully saturated rings. The minimum Gasteiger partial charge on any atom is -0.462 e. The van der Waals surface area contributed by atoms with Crippen LogP contribution >= 0.6 is 7.82 Å². The monoisotopic (exact) mass is 924 g/mol. The number of esters is 2. The molecule has 0 radical (unpaired) electrons. The zero-order valence-electron chi connectivity index (χ0n) is 40.7. The molecule has 0 aliphatic carbocycles. The first kappa shape index (κ1) is 61.4. The molecule has 0 saturated heterocycles. The van der Waals surface area contributed by atoms with Gasteiger partial charge in [-0.15, -0.1) is 0 Å². The summed E-state index contributed by atoms with van der Waals surface area (Å²) in [7, 11) is -4.38. The predicted molar refractivity (Wildman–Crippen MR) is 274 cm³/mol. The average Bonchev–Trinajstić information content (AvgIpc) is 3.30. The maximum Gasteiger partial charge on any atom is 0.472 e. The third-order valence-electron chi connectivity index (χ3n) is 9.86. The van der Waals surface area contributed by atoms with Gasteiger partial charge in [-0.05, 0) is 89.9 Å². The molecule has 65 heavy (non-hydrogen) atoms. The van der Waals surface area contributed by atoms with E-state index in [0.29, 0.717) is 6.42 Å². The van der Waals surface area contributed by atoms with Crippen molar-refractivity contribution in [3.05, 3.63) is 122 Å². The van der Waals surface area contributed by atoms with Crippen molar-refractivity contribution < 1.29 is 37.6 Å². The first-order chi connectivity index (χ1) is 31.8. The Bertz CT molecular complexity index is 1470. The fourth-order valence-corrected chi connectivity index (χ4v) is 6.96. The van der Waals surface area contributed by atoms with Crippen LogP contribution in [0.2, 0.25) is 0 Å². The zero-order valence-corrected chi connectivity index (χ0v) is 41.6. The molecule has 0 heterocycles. The number of phosphoric ester groups is 1. The second kappa shape index (κ2) is 49.8. The summed E-state index contributed by atoms with van der Waals surface area (Å²) in [6, 6.07) is 0. The number of hydrogen-bond acceptors (Lipinski definition) is 8. The topological polar surface area (TPSA) is 134 Å². The summed E-state index contributed by atoms with van der Waals surface area (Å²) in [5.74, 6) is -0.862. The van der Waals surface area contributed by atoms with Crippen molar-refractivity contribution in [3.8, 4) is 0 Å². The van der Waals surface area contributed by atoms with Gasteiger partial charge in [-0.3, -0.25) is 18.6 Å². The molecule has 2 unspecified atom stereocenters. The van der Waals surface area contributed by atoms with Crippen molar-refractivity contribution >= 4 is 19.8 Å². The Morgan fingerprint density at radius 2 is 0.846 bits per heavy atom. The Hall–Kier alpha value is -3.59. The van der Waals surface area contributed by atoms with Crippen molar-refractivity contribution in [1.82, 2.24) is 0 Å². The predicted octanol–water partition coefficient (Wildman–Crippen LogP) is 15.3. The number of ether oxygens (including phenoxy) is 2. The van der Waals surface area contributed by atoms with E-state index >= 15 is 0 Å². The lowest BCUT2D eigenvalue weighted by molar-refractivity contribution is -0.161. The highest BCUT2D eigenvalue weighted by atomic mass is 31.2.